The summed E-state index contributed by atoms with van der Waals surface area (Å²) in [4.78, 5) is 13.4. The molecule has 20 heavy (non-hydrogen) atoms. The smallest absolute Gasteiger partial charge is 0.221 e. The monoisotopic (exact) mass is 287 g/mol. The van der Waals surface area contributed by atoms with Crippen LogP contribution in [0.25, 0.3) is 0 Å². The molecule has 1 N–H and O–H groups in total. The van der Waals surface area contributed by atoms with E-state index in [2.05, 4.69) is 36.5 Å². The van der Waals surface area contributed by atoms with E-state index in [0.717, 1.165) is 9.79 Å². The van der Waals surface area contributed by atoms with Crippen molar-refractivity contribution in [3.8, 4) is 5.75 Å². The standard InChI is InChI=1S/C16H17NO2S/c1-11-4-6-13(7-5-11)20-14-8-9-16(19-3)15(10-14)17-12(2)18/h4-10H,1-3H3,(H,17,18). The number of hydrogen-bond acceptors (Lipinski definition) is 3. The van der Waals surface area contributed by atoms with E-state index < -0.39 is 0 Å². The Labute approximate surface area is 123 Å². The number of aryl methyl sites for hydroxylation is 1. The van der Waals surface area contributed by atoms with Gasteiger partial charge in [-0.1, -0.05) is 29.5 Å². The first-order chi connectivity index (χ1) is 9.58. The molecule has 0 saturated heterocycles. The molecule has 0 spiro atoms. The predicted octanol–water partition coefficient (Wildman–Crippen LogP) is 4.11. The van der Waals surface area contributed by atoms with E-state index in [4.69, 9.17) is 4.74 Å². The number of carbonyl (C=O) groups excluding carboxylic acids is 1. The van der Waals surface area contributed by atoms with Gasteiger partial charge in [-0.2, -0.15) is 0 Å². The molecule has 0 atom stereocenters. The van der Waals surface area contributed by atoms with E-state index in [0.29, 0.717) is 11.4 Å². The Morgan fingerprint density at radius 3 is 2.35 bits per heavy atom. The second-order valence-electron chi connectivity index (χ2n) is 4.46. The predicted molar refractivity (Wildman–Crippen MR) is 82.6 cm³/mol. The number of carbonyl (C=O) groups is 1. The summed E-state index contributed by atoms with van der Waals surface area (Å²) in [5.41, 5.74) is 1.93. The molecule has 4 heteroatoms. The lowest BCUT2D eigenvalue weighted by Gasteiger charge is -2.11. The first-order valence-electron chi connectivity index (χ1n) is 6.28. The van der Waals surface area contributed by atoms with Crippen LogP contribution in [-0.2, 0) is 4.79 Å². The largest absolute Gasteiger partial charge is 0.495 e. The summed E-state index contributed by atoms with van der Waals surface area (Å²) >= 11 is 1.65. The zero-order valence-corrected chi connectivity index (χ0v) is 12.6. The fourth-order valence-corrected chi connectivity index (χ4v) is 2.64. The maximum atomic E-state index is 11.2. The van der Waals surface area contributed by atoms with Crippen LogP contribution in [0, 0.1) is 6.92 Å². The van der Waals surface area contributed by atoms with E-state index in [-0.39, 0.29) is 5.91 Å². The van der Waals surface area contributed by atoms with Gasteiger partial charge in [-0.15, -0.1) is 0 Å². The van der Waals surface area contributed by atoms with Crippen molar-refractivity contribution < 1.29 is 9.53 Å². The van der Waals surface area contributed by atoms with Gasteiger partial charge in [-0.3, -0.25) is 4.79 Å². The summed E-state index contributed by atoms with van der Waals surface area (Å²) in [6.45, 7) is 3.55. The average molecular weight is 287 g/mol. The number of anilines is 1. The third-order valence-electron chi connectivity index (χ3n) is 2.74. The topological polar surface area (TPSA) is 38.3 Å². The average Bonchev–Trinajstić information content (AvgIpc) is 2.41. The molecule has 0 radical (unpaired) electrons. The second kappa shape index (κ2) is 6.48. The molecule has 0 aliphatic carbocycles. The van der Waals surface area contributed by atoms with Crippen LogP contribution in [0.1, 0.15) is 12.5 Å². The molecule has 0 saturated carbocycles. The molecular formula is C16H17NO2S. The van der Waals surface area contributed by atoms with Gasteiger partial charge in [0.2, 0.25) is 5.91 Å². The summed E-state index contributed by atoms with van der Waals surface area (Å²) in [5.74, 6) is 0.550. The van der Waals surface area contributed by atoms with Gasteiger partial charge in [-0.25, -0.2) is 0 Å². The summed E-state index contributed by atoms with van der Waals surface area (Å²) in [6, 6.07) is 14.1. The highest BCUT2D eigenvalue weighted by atomic mass is 32.2. The molecule has 1 amide bonds. The quantitative estimate of drug-likeness (QED) is 0.919. The van der Waals surface area contributed by atoms with Crippen molar-refractivity contribution in [3.05, 3.63) is 48.0 Å². The van der Waals surface area contributed by atoms with Gasteiger partial charge in [0.1, 0.15) is 5.75 Å². The van der Waals surface area contributed by atoms with Gasteiger partial charge in [0.05, 0.1) is 12.8 Å². The van der Waals surface area contributed by atoms with Crippen LogP contribution in [0.5, 0.6) is 5.75 Å². The first-order valence-corrected chi connectivity index (χ1v) is 7.10. The van der Waals surface area contributed by atoms with Crippen molar-refractivity contribution in [2.24, 2.45) is 0 Å². The van der Waals surface area contributed by atoms with Crippen LogP contribution in [0.2, 0.25) is 0 Å². The van der Waals surface area contributed by atoms with Crippen LogP contribution in [-0.4, -0.2) is 13.0 Å². The van der Waals surface area contributed by atoms with Crippen LogP contribution < -0.4 is 10.1 Å². The number of rotatable bonds is 4. The molecular weight excluding hydrogens is 270 g/mol. The zero-order chi connectivity index (χ0) is 14.5. The van der Waals surface area contributed by atoms with Crippen LogP contribution in [0.4, 0.5) is 5.69 Å². The normalized spacial score (nSPS) is 10.2. The fraction of sp³-hybridized carbons (Fsp3) is 0.188. The minimum absolute atomic E-state index is 0.110. The highest BCUT2D eigenvalue weighted by molar-refractivity contribution is 7.99. The molecule has 2 aromatic rings. The lowest BCUT2D eigenvalue weighted by atomic mass is 10.2. The Morgan fingerprint density at radius 2 is 1.75 bits per heavy atom. The third kappa shape index (κ3) is 3.78. The lowest BCUT2D eigenvalue weighted by Crippen LogP contribution is -2.07. The van der Waals surface area contributed by atoms with Crippen LogP contribution >= 0.6 is 11.8 Å². The Hall–Kier alpha value is -1.94. The van der Waals surface area contributed by atoms with E-state index in [1.54, 1.807) is 18.9 Å². The highest BCUT2D eigenvalue weighted by Crippen LogP contribution is 2.34. The number of amides is 1. The molecule has 0 aliphatic heterocycles. The number of hydrogen-bond donors (Lipinski definition) is 1. The van der Waals surface area contributed by atoms with Crippen LogP contribution in [0.3, 0.4) is 0 Å². The van der Waals surface area contributed by atoms with Gasteiger partial charge in [0.15, 0.2) is 0 Å². The van der Waals surface area contributed by atoms with Gasteiger partial charge < -0.3 is 10.1 Å². The fourth-order valence-electron chi connectivity index (χ4n) is 1.78. The van der Waals surface area contributed by atoms with E-state index >= 15 is 0 Å². The van der Waals surface area contributed by atoms with Gasteiger partial charge in [-0.05, 0) is 37.3 Å². The van der Waals surface area contributed by atoms with E-state index in [1.807, 2.05) is 18.2 Å². The maximum absolute atomic E-state index is 11.2. The van der Waals surface area contributed by atoms with E-state index in [1.165, 1.54) is 12.5 Å². The third-order valence-corrected chi connectivity index (χ3v) is 3.74. The Balaban J connectivity index is 2.23. The molecule has 0 aliphatic rings. The Bertz CT molecular complexity index is 608. The molecule has 0 heterocycles. The maximum Gasteiger partial charge on any atom is 0.221 e. The zero-order valence-electron chi connectivity index (χ0n) is 11.8. The molecule has 2 aromatic carbocycles. The van der Waals surface area contributed by atoms with Gasteiger partial charge >= 0.3 is 0 Å². The summed E-state index contributed by atoms with van der Waals surface area (Å²) in [7, 11) is 1.59. The first kappa shape index (κ1) is 14.5. The molecule has 0 bridgehead atoms. The second-order valence-corrected chi connectivity index (χ2v) is 5.61. The van der Waals surface area contributed by atoms with Crippen molar-refractivity contribution in [2.45, 2.75) is 23.6 Å². The molecule has 0 unspecified atom stereocenters. The van der Waals surface area contributed by atoms with Gasteiger partial charge in [0.25, 0.3) is 0 Å². The minimum Gasteiger partial charge on any atom is -0.495 e. The molecule has 0 fully saturated rings. The van der Waals surface area contributed by atoms with Crippen molar-refractivity contribution in [1.82, 2.24) is 0 Å². The lowest BCUT2D eigenvalue weighted by molar-refractivity contribution is -0.114. The molecule has 3 nitrogen and oxygen atoms in total. The minimum atomic E-state index is -0.110. The van der Waals surface area contributed by atoms with Crippen LogP contribution in [0.15, 0.2) is 52.3 Å². The summed E-state index contributed by atoms with van der Waals surface area (Å²) < 4.78 is 5.24. The molecule has 2 rings (SSSR count). The SMILES string of the molecule is COc1ccc(Sc2ccc(C)cc2)cc1NC(C)=O. The number of ether oxygens (including phenoxy) is 1. The van der Waals surface area contributed by atoms with Crippen molar-refractivity contribution in [2.75, 3.05) is 12.4 Å². The van der Waals surface area contributed by atoms with Crippen molar-refractivity contribution in [3.63, 3.8) is 0 Å². The summed E-state index contributed by atoms with van der Waals surface area (Å²) in [5, 5.41) is 2.78. The Morgan fingerprint density at radius 1 is 1.10 bits per heavy atom. The summed E-state index contributed by atoms with van der Waals surface area (Å²) in [6.07, 6.45) is 0. The van der Waals surface area contributed by atoms with E-state index in [9.17, 15) is 4.79 Å². The number of nitrogens with one attached hydrogen (secondary N) is 1. The van der Waals surface area contributed by atoms with Crippen molar-refractivity contribution >= 4 is 23.4 Å². The van der Waals surface area contributed by atoms with Crippen molar-refractivity contribution in [1.29, 1.82) is 0 Å². The highest BCUT2D eigenvalue weighted by Gasteiger charge is 2.07. The molecule has 104 valence electrons. The number of methoxy groups -OCH3 is 1. The van der Waals surface area contributed by atoms with Gasteiger partial charge in [0, 0.05) is 16.7 Å². The number of benzene rings is 2. The Kier molecular flexibility index (Phi) is 4.69. The molecule has 0 aromatic heterocycles.